The van der Waals surface area contributed by atoms with E-state index in [0.717, 1.165) is 5.56 Å². The van der Waals surface area contributed by atoms with Crippen LogP contribution < -0.4 is 0 Å². The molecule has 1 aromatic rings. The van der Waals surface area contributed by atoms with Gasteiger partial charge in [-0.25, -0.2) is 4.79 Å². The van der Waals surface area contributed by atoms with Gasteiger partial charge < -0.3 is 9.84 Å². The Bertz CT molecular complexity index is 539. The van der Waals surface area contributed by atoms with Gasteiger partial charge in [0.1, 0.15) is 11.8 Å². The van der Waals surface area contributed by atoms with Crippen molar-refractivity contribution in [1.82, 2.24) is 9.80 Å². The molecule has 1 N–H and O–H groups in total. The number of ether oxygens (including phenoxy) is 1. The number of hydrogen-bond donors (Lipinski definition) is 1. The zero-order valence-corrected chi connectivity index (χ0v) is 15.4. The van der Waals surface area contributed by atoms with Crippen molar-refractivity contribution >= 4 is 6.09 Å². The van der Waals surface area contributed by atoms with Crippen LogP contribution in [-0.2, 0) is 11.3 Å². The molecule has 24 heavy (non-hydrogen) atoms. The molecule has 2 atom stereocenters. The molecule has 0 radical (unpaired) electrons. The number of nitrogens with zero attached hydrogens (tertiary/aromatic N) is 2. The van der Waals surface area contributed by atoms with Crippen molar-refractivity contribution in [3.05, 3.63) is 35.9 Å². The molecule has 1 aliphatic heterocycles. The van der Waals surface area contributed by atoms with Crippen LogP contribution in [0.15, 0.2) is 30.3 Å². The summed E-state index contributed by atoms with van der Waals surface area (Å²) in [5.41, 5.74) is 0.620. The van der Waals surface area contributed by atoms with Crippen molar-refractivity contribution in [1.29, 1.82) is 0 Å². The molecule has 1 fully saturated rings. The Morgan fingerprint density at radius 1 is 1.25 bits per heavy atom. The van der Waals surface area contributed by atoms with E-state index in [1.54, 1.807) is 4.90 Å². The Balaban J connectivity index is 2.11. The van der Waals surface area contributed by atoms with Crippen LogP contribution in [0.25, 0.3) is 0 Å². The molecule has 0 aliphatic carbocycles. The van der Waals surface area contributed by atoms with Gasteiger partial charge in [-0.2, -0.15) is 0 Å². The fraction of sp³-hybridized carbons (Fsp3) is 0.632. The van der Waals surface area contributed by atoms with Crippen LogP contribution in [0.5, 0.6) is 0 Å². The Morgan fingerprint density at radius 2 is 1.88 bits per heavy atom. The molecule has 0 aromatic heterocycles. The van der Waals surface area contributed by atoms with Crippen LogP contribution in [0.3, 0.4) is 0 Å². The van der Waals surface area contributed by atoms with Crippen LogP contribution >= 0.6 is 0 Å². The quantitative estimate of drug-likeness (QED) is 0.923. The average molecular weight is 334 g/mol. The van der Waals surface area contributed by atoms with Crippen molar-refractivity contribution in [2.24, 2.45) is 5.92 Å². The van der Waals surface area contributed by atoms with E-state index in [4.69, 9.17) is 4.74 Å². The fourth-order valence-electron chi connectivity index (χ4n) is 3.12. The first kappa shape index (κ1) is 18.7. The zero-order valence-electron chi connectivity index (χ0n) is 15.4. The topological polar surface area (TPSA) is 53.0 Å². The van der Waals surface area contributed by atoms with Crippen molar-refractivity contribution in [3.8, 4) is 0 Å². The van der Waals surface area contributed by atoms with Crippen LogP contribution in [0.4, 0.5) is 4.79 Å². The lowest BCUT2D eigenvalue weighted by Gasteiger charge is -2.47. The summed E-state index contributed by atoms with van der Waals surface area (Å²) in [4.78, 5) is 16.2. The first-order valence-electron chi connectivity index (χ1n) is 8.64. The van der Waals surface area contributed by atoms with Crippen molar-refractivity contribution < 1.29 is 14.6 Å². The molecule has 0 bridgehead atoms. The predicted octanol–water partition coefficient (Wildman–Crippen LogP) is 3.08. The fourth-order valence-corrected chi connectivity index (χ4v) is 3.12. The molecule has 1 heterocycles. The second kappa shape index (κ2) is 7.53. The van der Waals surface area contributed by atoms with E-state index in [-0.39, 0.29) is 18.1 Å². The summed E-state index contributed by atoms with van der Waals surface area (Å²) >= 11 is 0. The summed E-state index contributed by atoms with van der Waals surface area (Å²) in [5, 5.41) is 10.9. The second-order valence-electron chi connectivity index (χ2n) is 7.78. The Hall–Kier alpha value is -1.59. The van der Waals surface area contributed by atoms with Crippen molar-refractivity contribution in [3.63, 3.8) is 0 Å². The molecular formula is C19H30N2O3. The van der Waals surface area contributed by atoms with Gasteiger partial charge in [0.05, 0.1) is 6.04 Å². The maximum Gasteiger partial charge on any atom is 0.410 e. The number of carbonyl (C=O) groups excluding carboxylic acids is 1. The summed E-state index contributed by atoms with van der Waals surface area (Å²) in [6, 6.07) is 9.81. The molecule has 1 saturated heterocycles. The smallest absolute Gasteiger partial charge is 0.410 e. The van der Waals surface area contributed by atoms with Gasteiger partial charge in [0, 0.05) is 19.6 Å². The number of benzene rings is 1. The van der Waals surface area contributed by atoms with Gasteiger partial charge in [-0.3, -0.25) is 9.80 Å². The van der Waals surface area contributed by atoms with Gasteiger partial charge in [-0.05, 0) is 32.3 Å². The second-order valence-corrected chi connectivity index (χ2v) is 7.78. The van der Waals surface area contributed by atoms with Crippen LogP contribution in [0, 0.1) is 5.92 Å². The maximum atomic E-state index is 12.5. The van der Waals surface area contributed by atoms with Gasteiger partial charge >= 0.3 is 6.09 Å². The van der Waals surface area contributed by atoms with Crippen molar-refractivity contribution in [2.75, 3.05) is 13.1 Å². The van der Waals surface area contributed by atoms with E-state index in [2.05, 4.69) is 12.1 Å². The Kier molecular flexibility index (Phi) is 5.88. The molecule has 1 aliphatic rings. The van der Waals surface area contributed by atoms with Gasteiger partial charge in [-0.15, -0.1) is 0 Å². The predicted molar refractivity (Wildman–Crippen MR) is 94.4 cm³/mol. The number of rotatable bonds is 3. The number of carbonyl (C=O) groups is 1. The van der Waals surface area contributed by atoms with Crippen LogP contribution in [0.2, 0.25) is 0 Å². The Morgan fingerprint density at radius 3 is 2.42 bits per heavy atom. The van der Waals surface area contributed by atoms with Gasteiger partial charge in [0.2, 0.25) is 0 Å². The molecule has 1 amide bonds. The molecule has 2 unspecified atom stereocenters. The highest BCUT2D eigenvalue weighted by Gasteiger charge is 2.41. The monoisotopic (exact) mass is 334 g/mol. The number of amides is 1. The number of piperazine rings is 1. The SMILES string of the molecule is CC(C)C1C(O)N(Cc2ccccc2)CCN1C(=O)OC(C)(C)C. The third kappa shape index (κ3) is 4.71. The van der Waals surface area contributed by atoms with Crippen LogP contribution in [0.1, 0.15) is 40.2 Å². The van der Waals surface area contributed by atoms with Crippen LogP contribution in [-0.4, -0.2) is 52.0 Å². The molecule has 2 rings (SSSR count). The summed E-state index contributed by atoms with van der Waals surface area (Å²) in [6.07, 6.45) is -1.05. The highest BCUT2D eigenvalue weighted by atomic mass is 16.6. The van der Waals surface area contributed by atoms with Gasteiger partial charge in [0.25, 0.3) is 0 Å². The summed E-state index contributed by atoms with van der Waals surface area (Å²) in [6.45, 7) is 11.5. The van der Waals surface area contributed by atoms with E-state index < -0.39 is 11.8 Å². The van der Waals surface area contributed by atoms with Crippen molar-refractivity contribution in [2.45, 2.75) is 59.0 Å². The summed E-state index contributed by atoms with van der Waals surface area (Å²) in [7, 11) is 0. The minimum Gasteiger partial charge on any atom is -0.444 e. The molecule has 134 valence electrons. The first-order chi connectivity index (χ1) is 11.2. The van der Waals surface area contributed by atoms with E-state index in [1.807, 2.05) is 57.7 Å². The number of aliphatic hydroxyl groups is 1. The van der Waals surface area contributed by atoms with E-state index >= 15 is 0 Å². The van der Waals surface area contributed by atoms with Gasteiger partial charge in [0.15, 0.2) is 0 Å². The van der Waals surface area contributed by atoms with E-state index in [1.165, 1.54) is 0 Å². The Labute approximate surface area is 145 Å². The summed E-state index contributed by atoms with van der Waals surface area (Å²) in [5.74, 6) is 0.131. The molecule has 5 nitrogen and oxygen atoms in total. The molecule has 0 saturated carbocycles. The lowest BCUT2D eigenvalue weighted by Crippen LogP contribution is -2.63. The largest absolute Gasteiger partial charge is 0.444 e. The number of hydrogen-bond acceptors (Lipinski definition) is 4. The third-order valence-corrected chi connectivity index (χ3v) is 4.21. The van der Waals surface area contributed by atoms with E-state index in [0.29, 0.717) is 19.6 Å². The average Bonchev–Trinajstić information content (AvgIpc) is 2.48. The maximum absolute atomic E-state index is 12.5. The lowest BCUT2D eigenvalue weighted by atomic mass is 9.97. The molecular weight excluding hydrogens is 304 g/mol. The molecule has 1 aromatic carbocycles. The number of aliphatic hydroxyl groups excluding tert-OH is 1. The highest BCUT2D eigenvalue weighted by molar-refractivity contribution is 5.69. The normalized spacial score (nSPS) is 22.7. The van der Waals surface area contributed by atoms with Gasteiger partial charge in [-0.1, -0.05) is 44.2 Å². The zero-order chi connectivity index (χ0) is 17.9. The highest BCUT2D eigenvalue weighted by Crippen LogP contribution is 2.25. The lowest BCUT2D eigenvalue weighted by molar-refractivity contribution is -0.113. The first-order valence-corrected chi connectivity index (χ1v) is 8.64. The standard InChI is InChI=1S/C19H30N2O3/c1-14(2)16-17(22)20(13-15-9-7-6-8-10-15)11-12-21(16)18(23)24-19(3,4)5/h6-10,14,16-17,22H,11-13H2,1-5H3. The third-order valence-electron chi connectivity index (χ3n) is 4.21. The molecule has 5 heteroatoms. The van der Waals surface area contributed by atoms with E-state index in [9.17, 15) is 9.90 Å². The molecule has 0 spiro atoms. The minimum absolute atomic E-state index is 0.131. The summed E-state index contributed by atoms with van der Waals surface area (Å²) < 4.78 is 5.52. The minimum atomic E-state index is -0.702.